The van der Waals surface area contributed by atoms with Crippen molar-refractivity contribution in [2.75, 3.05) is 6.61 Å². The smallest absolute Gasteiger partial charge is 0.141 e. The lowest BCUT2D eigenvalue weighted by Crippen LogP contribution is -2.29. The van der Waals surface area contributed by atoms with Gasteiger partial charge in [-0.1, -0.05) is 12.1 Å². The van der Waals surface area contributed by atoms with Gasteiger partial charge < -0.3 is 10.1 Å². The summed E-state index contributed by atoms with van der Waals surface area (Å²) in [6.07, 6.45) is 1.25. The molecular formula is C17H21FN2O. The molecule has 0 radical (unpaired) electrons. The fourth-order valence-corrected chi connectivity index (χ4v) is 2.19. The lowest BCUT2D eigenvalue weighted by atomic mass is 10.0. The molecular weight excluding hydrogens is 267 g/mol. The largest absolute Gasteiger partial charge is 0.494 e. The van der Waals surface area contributed by atoms with E-state index in [-0.39, 0.29) is 17.9 Å². The Balaban J connectivity index is 2.35. The van der Waals surface area contributed by atoms with E-state index in [2.05, 4.69) is 24.1 Å². The first-order valence-electron chi connectivity index (χ1n) is 7.20. The highest BCUT2D eigenvalue weighted by Crippen LogP contribution is 2.24. The van der Waals surface area contributed by atoms with Gasteiger partial charge in [-0.2, -0.15) is 0 Å². The first kappa shape index (κ1) is 15.4. The Bertz CT molecular complexity index is 569. The molecule has 3 nitrogen and oxygen atoms in total. The standard InChI is InChI=1S/C17H21FN2O/c1-4-21-15-7-5-6-13(10-15)17(20-12(2)3)16-9-8-14(18)11-19-16/h5-12,17,20H,4H2,1-3H3. The second kappa shape index (κ2) is 7.18. The minimum absolute atomic E-state index is 0.0917. The normalized spacial score (nSPS) is 12.4. The average Bonchev–Trinajstić information content (AvgIpc) is 2.46. The number of hydrogen-bond donors (Lipinski definition) is 1. The van der Waals surface area contributed by atoms with Crippen molar-refractivity contribution in [2.24, 2.45) is 0 Å². The molecule has 1 unspecified atom stereocenters. The van der Waals surface area contributed by atoms with Crippen LogP contribution in [0.15, 0.2) is 42.6 Å². The molecule has 1 atom stereocenters. The quantitative estimate of drug-likeness (QED) is 0.880. The van der Waals surface area contributed by atoms with Gasteiger partial charge in [0.1, 0.15) is 11.6 Å². The van der Waals surface area contributed by atoms with Crippen LogP contribution in [0.1, 0.15) is 38.1 Å². The zero-order chi connectivity index (χ0) is 15.2. The summed E-state index contributed by atoms with van der Waals surface area (Å²) in [7, 11) is 0. The summed E-state index contributed by atoms with van der Waals surface area (Å²) in [5, 5.41) is 3.46. The van der Waals surface area contributed by atoms with E-state index < -0.39 is 0 Å². The number of halogens is 1. The lowest BCUT2D eigenvalue weighted by Gasteiger charge is -2.22. The fourth-order valence-electron chi connectivity index (χ4n) is 2.19. The van der Waals surface area contributed by atoms with Crippen LogP contribution in [0.5, 0.6) is 5.75 Å². The van der Waals surface area contributed by atoms with Crippen LogP contribution in [0.25, 0.3) is 0 Å². The third-order valence-electron chi connectivity index (χ3n) is 3.05. The number of ether oxygens (including phenoxy) is 1. The van der Waals surface area contributed by atoms with Crippen molar-refractivity contribution in [1.82, 2.24) is 10.3 Å². The van der Waals surface area contributed by atoms with Crippen LogP contribution in [-0.2, 0) is 0 Å². The van der Waals surface area contributed by atoms with E-state index in [1.165, 1.54) is 12.3 Å². The summed E-state index contributed by atoms with van der Waals surface area (Å²) in [5.41, 5.74) is 1.84. The third kappa shape index (κ3) is 4.26. The number of nitrogens with one attached hydrogen (secondary N) is 1. The maximum Gasteiger partial charge on any atom is 0.141 e. The van der Waals surface area contributed by atoms with Gasteiger partial charge >= 0.3 is 0 Å². The molecule has 0 saturated carbocycles. The van der Waals surface area contributed by atoms with Crippen LogP contribution in [0.2, 0.25) is 0 Å². The Labute approximate surface area is 125 Å². The highest BCUT2D eigenvalue weighted by atomic mass is 19.1. The highest BCUT2D eigenvalue weighted by molar-refractivity contribution is 5.34. The van der Waals surface area contributed by atoms with E-state index in [0.717, 1.165) is 17.0 Å². The van der Waals surface area contributed by atoms with Crippen molar-refractivity contribution in [3.8, 4) is 5.75 Å². The zero-order valence-electron chi connectivity index (χ0n) is 12.6. The van der Waals surface area contributed by atoms with Crippen molar-refractivity contribution in [2.45, 2.75) is 32.9 Å². The molecule has 0 fully saturated rings. The van der Waals surface area contributed by atoms with Gasteiger partial charge in [-0.15, -0.1) is 0 Å². The molecule has 1 aromatic carbocycles. The summed E-state index contributed by atoms with van der Waals surface area (Å²) in [5.74, 6) is 0.498. The van der Waals surface area contributed by atoms with Gasteiger partial charge in [-0.3, -0.25) is 4.98 Å². The molecule has 0 amide bonds. The van der Waals surface area contributed by atoms with Crippen molar-refractivity contribution < 1.29 is 9.13 Å². The summed E-state index contributed by atoms with van der Waals surface area (Å²) in [6.45, 7) is 6.73. The molecule has 1 aromatic heterocycles. The van der Waals surface area contributed by atoms with Crippen molar-refractivity contribution in [3.63, 3.8) is 0 Å². The van der Waals surface area contributed by atoms with Crippen LogP contribution >= 0.6 is 0 Å². The average molecular weight is 288 g/mol. The molecule has 21 heavy (non-hydrogen) atoms. The van der Waals surface area contributed by atoms with Crippen LogP contribution in [0.4, 0.5) is 4.39 Å². The number of nitrogens with zero attached hydrogens (tertiary/aromatic N) is 1. The minimum atomic E-state index is -0.329. The molecule has 1 N–H and O–H groups in total. The third-order valence-corrected chi connectivity index (χ3v) is 3.05. The van der Waals surface area contributed by atoms with Gasteiger partial charge in [0.2, 0.25) is 0 Å². The molecule has 2 rings (SSSR count). The monoisotopic (exact) mass is 288 g/mol. The van der Waals surface area contributed by atoms with E-state index in [1.807, 2.05) is 31.2 Å². The molecule has 0 spiro atoms. The Morgan fingerprint density at radius 1 is 1.24 bits per heavy atom. The maximum atomic E-state index is 13.1. The molecule has 0 saturated heterocycles. The molecule has 0 aliphatic heterocycles. The van der Waals surface area contributed by atoms with Gasteiger partial charge in [0.25, 0.3) is 0 Å². The lowest BCUT2D eigenvalue weighted by molar-refractivity contribution is 0.339. The molecule has 0 aliphatic carbocycles. The predicted molar refractivity (Wildman–Crippen MR) is 81.9 cm³/mol. The Kier molecular flexibility index (Phi) is 5.28. The summed E-state index contributed by atoms with van der Waals surface area (Å²) >= 11 is 0. The second-order valence-corrected chi connectivity index (χ2v) is 5.16. The maximum absolute atomic E-state index is 13.1. The minimum Gasteiger partial charge on any atom is -0.494 e. The van der Waals surface area contributed by atoms with E-state index in [9.17, 15) is 4.39 Å². The SMILES string of the molecule is CCOc1cccc(C(NC(C)C)c2ccc(F)cn2)c1. The van der Waals surface area contributed by atoms with Gasteiger partial charge in [-0.25, -0.2) is 4.39 Å². The predicted octanol–water partition coefficient (Wildman–Crippen LogP) is 3.71. The van der Waals surface area contributed by atoms with E-state index >= 15 is 0 Å². The number of aromatic nitrogens is 1. The van der Waals surface area contributed by atoms with Crippen LogP contribution in [0.3, 0.4) is 0 Å². The second-order valence-electron chi connectivity index (χ2n) is 5.16. The highest BCUT2D eigenvalue weighted by Gasteiger charge is 2.17. The zero-order valence-corrected chi connectivity index (χ0v) is 12.6. The molecule has 1 heterocycles. The molecule has 0 bridgehead atoms. The summed E-state index contributed by atoms with van der Waals surface area (Å²) in [4.78, 5) is 4.21. The number of rotatable bonds is 6. The Hall–Kier alpha value is -1.94. The Morgan fingerprint density at radius 3 is 2.67 bits per heavy atom. The van der Waals surface area contributed by atoms with Crippen LogP contribution in [-0.4, -0.2) is 17.6 Å². The number of hydrogen-bond acceptors (Lipinski definition) is 3. The summed E-state index contributed by atoms with van der Waals surface area (Å²) < 4.78 is 18.6. The molecule has 2 aromatic rings. The van der Waals surface area contributed by atoms with Crippen LogP contribution in [0, 0.1) is 5.82 Å². The van der Waals surface area contributed by atoms with E-state index in [4.69, 9.17) is 4.74 Å². The molecule has 112 valence electrons. The number of benzene rings is 1. The Morgan fingerprint density at radius 2 is 2.05 bits per heavy atom. The van der Waals surface area contributed by atoms with E-state index in [1.54, 1.807) is 6.07 Å². The van der Waals surface area contributed by atoms with Crippen molar-refractivity contribution in [1.29, 1.82) is 0 Å². The number of pyridine rings is 1. The van der Waals surface area contributed by atoms with Gasteiger partial charge in [-0.05, 0) is 50.6 Å². The molecule has 4 heteroatoms. The molecule has 0 aliphatic rings. The fraction of sp³-hybridized carbons (Fsp3) is 0.353. The van der Waals surface area contributed by atoms with Crippen molar-refractivity contribution in [3.05, 3.63) is 59.7 Å². The summed E-state index contributed by atoms with van der Waals surface area (Å²) in [6, 6.07) is 11.2. The first-order chi connectivity index (χ1) is 10.1. The topological polar surface area (TPSA) is 34.1 Å². The van der Waals surface area contributed by atoms with E-state index in [0.29, 0.717) is 6.61 Å². The van der Waals surface area contributed by atoms with Crippen molar-refractivity contribution >= 4 is 0 Å². The van der Waals surface area contributed by atoms with Gasteiger partial charge in [0.15, 0.2) is 0 Å². The van der Waals surface area contributed by atoms with Gasteiger partial charge in [0, 0.05) is 6.04 Å². The van der Waals surface area contributed by atoms with Crippen LogP contribution < -0.4 is 10.1 Å². The van der Waals surface area contributed by atoms with Gasteiger partial charge in [0.05, 0.1) is 24.5 Å². The first-order valence-corrected chi connectivity index (χ1v) is 7.20.